The van der Waals surface area contributed by atoms with Crippen molar-refractivity contribution in [1.29, 1.82) is 0 Å². The molecule has 19 heavy (non-hydrogen) atoms. The Bertz CT molecular complexity index is 532. The van der Waals surface area contributed by atoms with E-state index in [0.29, 0.717) is 13.0 Å². The fourth-order valence-corrected chi connectivity index (χ4v) is 3.61. The van der Waals surface area contributed by atoms with Crippen molar-refractivity contribution in [3.63, 3.8) is 0 Å². The van der Waals surface area contributed by atoms with Gasteiger partial charge in [0.25, 0.3) is 0 Å². The predicted molar refractivity (Wildman–Crippen MR) is 78.0 cm³/mol. The highest BCUT2D eigenvalue weighted by Gasteiger charge is 2.37. The number of hydrogen-bond acceptors (Lipinski definition) is 2. The van der Waals surface area contributed by atoms with Crippen molar-refractivity contribution in [2.45, 2.75) is 25.3 Å². The van der Waals surface area contributed by atoms with E-state index >= 15 is 0 Å². The van der Waals surface area contributed by atoms with Gasteiger partial charge in [-0.2, -0.15) is 8.42 Å². The Morgan fingerprint density at radius 1 is 1.32 bits per heavy atom. The Morgan fingerprint density at radius 3 is 2.21 bits per heavy atom. The van der Waals surface area contributed by atoms with Crippen LogP contribution in [-0.2, 0) is 16.7 Å². The molecular weight excluding hydrogens is 262 g/mol. The molecule has 1 N–H and O–H groups in total. The first-order valence-corrected chi connectivity index (χ1v) is 7.71. The molecule has 0 aromatic heterocycles. The molecule has 5 heteroatoms. The molecular formula is C14H22NO3S+. The summed E-state index contributed by atoms with van der Waals surface area (Å²) in [7, 11) is -0.432. The second-order valence-electron chi connectivity index (χ2n) is 5.26. The van der Waals surface area contributed by atoms with E-state index in [1.54, 1.807) is 13.0 Å². The Balaban J connectivity index is 2.97. The third kappa shape index (κ3) is 4.16. The summed E-state index contributed by atoms with van der Waals surface area (Å²) >= 11 is 0. The zero-order valence-corrected chi connectivity index (χ0v) is 12.5. The van der Waals surface area contributed by atoms with Gasteiger partial charge in [0.05, 0.1) is 14.1 Å². The van der Waals surface area contributed by atoms with Crippen molar-refractivity contribution < 1.29 is 17.5 Å². The zero-order valence-electron chi connectivity index (χ0n) is 11.7. The summed E-state index contributed by atoms with van der Waals surface area (Å²) in [5.74, 6) is 0. The SMILES string of the molecule is C=Cc1ccc(C[N+](C)(C)C(CC)S(=O)(=O)O)cc1. The standard InChI is InChI=1S/C14H21NO3S/c1-5-12-7-9-13(10-8-12)11-15(3,4)14(6-2)19(16,17)18/h5,7-10,14H,1,6,11H2,2-4H3/p+1. The molecule has 4 nitrogen and oxygen atoms in total. The van der Waals surface area contributed by atoms with E-state index in [9.17, 15) is 13.0 Å². The Morgan fingerprint density at radius 2 is 1.84 bits per heavy atom. The minimum absolute atomic E-state index is 0.197. The number of hydrogen-bond donors (Lipinski definition) is 1. The minimum atomic E-state index is -4.05. The molecule has 1 unspecified atom stereocenters. The second kappa shape index (κ2) is 5.86. The number of quaternary nitrogens is 1. The second-order valence-corrected chi connectivity index (χ2v) is 6.83. The monoisotopic (exact) mass is 284 g/mol. The number of benzene rings is 1. The van der Waals surface area contributed by atoms with Crippen LogP contribution >= 0.6 is 0 Å². The highest BCUT2D eigenvalue weighted by atomic mass is 32.2. The van der Waals surface area contributed by atoms with Gasteiger partial charge in [0.2, 0.25) is 5.37 Å². The molecule has 1 atom stereocenters. The van der Waals surface area contributed by atoms with E-state index in [2.05, 4.69) is 6.58 Å². The molecule has 0 amide bonds. The maximum Gasteiger partial charge on any atom is 0.319 e. The molecule has 0 aliphatic carbocycles. The van der Waals surface area contributed by atoms with Crippen molar-refractivity contribution in [2.24, 2.45) is 0 Å². The molecule has 1 rings (SSSR count). The van der Waals surface area contributed by atoms with E-state index in [1.807, 2.05) is 38.4 Å². The first-order valence-electron chi connectivity index (χ1n) is 6.21. The van der Waals surface area contributed by atoms with Crippen LogP contribution in [0.4, 0.5) is 0 Å². The molecule has 0 aliphatic rings. The molecule has 1 aromatic rings. The summed E-state index contributed by atoms with van der Waals surface area (Å²) in [6, 6.07) is 7.79. The van der Waals surface area contributed by atoms with Crippen LogP contribution < -0.4 is 0 Å². The Kier molecular flexibility index (Phi) is 4.90. The van der Waals surface area contributed by atoms with Crippen LogP contribution in [0.5, 0.6) is 0 Å². The van der Waals surface area contributed by atoms with Gasteiger partial charge >= 0.3 is 10.1 Å². The van der Waals surface area contributed by atoms with Crippen molar-refractivity contribution in [3.8, 4) is 0 Å². The Hall–Kier alpha value is -1.17. The van der Waals surface area contributed by atoms with Gasteiger partial charge in [0.1, 0.15) is 6.54 Å². The minimum Gasteiger partial charge on any atom is -0.308 e. The highest BCUT2D eigenvalue weighted by Crippen LogP contribution is 2.20. The van der Waals surface area contributed by atoms with Gasteiger partial charge in [-0.05, 0) is 5.56 Å². The summed E-state index contributed by atoms with van der Waals surface area (Å²) in [5, 5.41) is -0.813. The van der Waals surface area contributed by atoms with E-state index in [0.717, 1.165) is 11.1 Å². The van der Waals surface area contributed by atoms with Crippen LogP contribution in [0.25, 0.3) is 6.08 Å². The quantitative estimate of drug-likeness (QED) is 0.645. The van der Waals surface area contributed by atoms with Crippen molar-refractivity contribution in [2.75, 3.05) is 14.1 Å². The van der Waals surface area contributed by atoms with Gasteiger partial charge < -0.3 is 4.48 Å². The lowest BCUT2D eigenvalue weighted by Gasteiger charge is -2.35. The molecule has 106 valence electrons. The van der Waals surface area contributed by atoms with E-state index in [1.165, 1.54) is 0 Å². The molecule has 0 saturated carbocycles. The van der Waals surface area contributed by atoms with Gasteiger partial charge in [-0.15, -0.1) is 0 Å². The van der Waals surface area contributed by atoms with Crippen LogP contribution in [-0.4, -0.2) is 36.9 Å². The third-order valence-electron chi connectivity index (χ3n) is 3.28. The van der Waals surface area contributed by atoms with Crippen molar-refractivity contribution in [3.05, 3.63) is 42.0 Å². The molecule has 0 spiro atoms. The topological polar surface area (TPSA) is 54.4 Å². The van der Waals surface area contributed by atoms with Crippen LogP contribution in [0.1, 0.15) is 24.5 Å². The van der Waals surface area contributed by atoms with Crippen LogP contribution in [0, 0.1) is 0 Å². The van der Waals surface area contributed by atoms with E-state index < -0.39 is 15.5 Å². The van der Waals surface area contributed by atoms with Crippen molar-refractivity contribution in [1.82, 2.24) is 0 Å². The summed E-state index contributed by atoms with van der Waals surface area (Å²) in [5.41, 5.74) is 2.05. The summed E-state index contributed by atoms with van der Waals surface area (Å²) in [6.45, 7) is 5.99. The Labute approximate surface area is 115 Å². The van der Waals surface area contributed by atoms with Gasteiger partial charge in [0.15, 0.2) is 0 Å². The fraction of sp³-hybridized carbons (Fsp3) is 0.429. The van der Waals surface area contributed by atoms with Crippen LogP contribution in [0.3, 0.4) is 0 Å². The van der Waals surface area contributed by atoms with Crippen LogP contribution in [0.2, 0.25) is 0 Å². The maximum atomic E-state index is 11.4. The number of nitrogens with zero attached hydrogens (tertiary/aromatic N) is 1. The molecule has 0 fully saturated rings. The largest absolute Gasteiger partial charge is 0.319 e. The summed E-state index contributed by atoms with van der Waals surface area (Å²) < 4.78 is 32.4. The molecule has 0 aliphatic heterocycles. The average molecular weight is 284 g/mol. The van der Waals surface area contributed by atoms with Gasteiger partial charge in [-0.25, -0.2) is 0 Å². The fourth-order valence-electron chi connectivity index (χ4n) is 2.40. The number of rotatable bonds is 6. The van der Waals surface area contributed by atoms with Gasteiger partial charge in [-0.1, -0.05) is 43.8 Å². The first-order chi connectivity index (χ1) is 8.70. The van der Waals surface area contributed by atoms with E-state index in [4.69, 9.17) is 0 Å². The third-order valence-corrected chi connectivity index (χ3v) is 4.87. The average Bonchev–Trinajstić information content (AvgIpc) is 2.27. The maximum absolute atomic E-state index is 11.4. The molecule has 1 aromatic carbocycles. The predicted octanol–water partition coefficient (Wildman–Crippen LogP) is 2.53. The summed E-state index contributed by atoms with van der Waals surface area (Å²) in [4.78, 5) is 0. The van der Waals surface area contributed by atoms with Crippen LogP contribution in [0.15, 0.2) is 30.8 Å². The first kappa shape index (κ1) is 15.9. The smallest absolute Gasteiger partial charge is 0.308 e. The van der Waals surface area contributed by atoms with Gasteiger partial charge in [-0.3, -0.25) is 4.55 Å². The molecule has 0 heterocycles. The summed E-state index contributed by atoms with van der Waals surface area (Å²) in [6.07, 6.45) is 2.13. The lowest BCUT2D eigenvalue weighted by Crippen LogP contribution is -2.51. The highest BCUT2D eigenvalue weighted by molar-refractivity contribution is 7.86. The van der Waals surface area contributed by atoms with Crippen molar-refractivity contribution >= 4 is 16.2 Å². The molecule has 0 bridgehead atoms. The van der Waals surface area contributed by atoms with E-state index in [-0.39, 0.29) is 4.48 Å². The van der Waals surface area contributed by atoms with Gasteiger partial charge in [0, 0.05) is 12.0 Å². The lowest BCUT2D eigenvalue weighted by molar-refractivity contribution is -0.914. The molecule has 0 saturated heterocycles. The molecule has 0 radical (unpaired) electrons. The lowest BCUT2D eigenvalue weighted by atomic mass is 10.1. The normalized spacial score (nSPS) is 14.1. The zero-order chi connectivity index (χ0) is 14.7.